The van der Waals surface area contributed by atoms with Crippen LogP contribution < -0.4 is 5.73 Å². The van der Waals surface area contributed by atoms with Crippen molar-refractivity contribution in [2.75, 3.05) is 5.73 Å². The fourth-order valence-corrected chi connectivity index (χ4v) is 2.38. The second-order valence-corrected chi connectivity index (χ2v) is 4.58. The SMILES string of the molecule is CCCc1c(N)noc1-c1ccc([N+](=O)[O-])s1. The number of rotatable bonds is 4. The number of thiophene rings is 1. The van der Waals surface area contributed by atoms with Crippen LogP contribution in [0.2, 0.25) is 0 Å². The average molecular weight is 253 g/mol. The summed E-state index contributed by atoms with van der Waals surface area (Å²) in [5, 5.41) is 14.4. The minimum Gasteiger partial charge on any atom is -0.381 e. The van der Waals surface area contributed by atoms with Crippen molar-refractivity contribution in [3.8, 4) is 10.6 Å². The first-order valence-electron chi connectivity index (χ1n) is 5.12. The van der Waals surface area contributed by atoms with Gasteiger partial charge in [-0.15, -0.1) is 0 Å². The van der Waals surface area contributed by atoms with Gasteiger partial charge in [-0.25, -0.2) is 0 Å². The third-order valence-corrected chi connectivity index (χ3v) is 3.35. The molecule has 2 aromatic rings. The normalized spacial score (nSPS) is 10.6. The summed E-state index contributed by atoms with van der Waals surface area (Å²) in [4.78, 5) is 10.9. The van der Waals surface area contributed by atoms with E-state index in [4.69, 9.17) is 10.3 Å². The van der Waals surface area contributed by atoms with E-state index in [1.165, 1.54) is 6.07 Å². The molecule has 0 aromatic carbocycles. The van der Waals surface area contributed by atoms with E-state index in [0.29, 0.717) is 16.5 Å². The Labute approximate surface area is 101 Å². The fourth-order valence-electron chi connectivity index (χ4n) is 1.55. The van der Waals surface area contributed by atoms with Crippen LogP contribution in [0.4, 0.5) is 10.8 Å². The maximum absolute atomic E-state index is 10.6. The van der Waals surface area contributed by atoms with Crippen LogP contribution in [0, 0.1) is 10.1 Å². The Hall–Kier alpha value is -1.89. The fraction of sp³-hybridized carbons (Fsp3) is 0.300. The number of aromatic nitrogens is 1. The van der Waals surface area contributed by atoms with Gasteiger partial charge in [-0.05, 0) is 12.5 Å². The molecular weight excluding hydrogens is 242 g/mol. The molecule has 0 bridgehead atoms. The molecule has 17 heavy (non-hydrogen) atoms. The van der Waals surface area contributed by atoms with Gasteiger partial charge in [0.05, 0.1) is 9.80 Å². The van der Waals surface area contributed by atoms with Crippen molar-refractivity contribution < 1.29 is 9.45 Å². The van der Waals surface area contributed by atoms with Gasteiger partial charge in [0.15, 0.2) is 11.6 Å². The maximum atomic E-state index is 10.6. The summed E-state index contributed by atoms with van der Waals surface area (Å²) in [6.07, 6.45) is 1.66. The van der Waals surface area contributed by atoms with E-state index in [1.54, 1.807) is 6.07 Å². The highest BCUT2D eigenvalue weighted by atomic mass is 32.1. The van der Waals surface area contributed by atoms with E-state index in [9.17, 15) is 10.1 Å². The van der Waals surface area contributed by atoms with Gasteiger partial charge in [0.25, 0.3) is 0 Å². The average Bonchev–Trinajstić information content (AvgIpc) is 2.87. The van der Waals surface area contributed by atoms with Crippen LogP contribution in [0.1, 0.15) is 18.9 Å². The summed E-state index contributed by atoms with van der Waals surface area (Å²) in [7, 11) is 0. The van der Waals surface area contributed by atoms with Gasteiger partial charge in [-0.2, -0.15) is 0 Å². The molecule has 6 nitrogen and oxygen atoms in total. The number of anilines is 1. The second kappa shape index (κ2) is 4.54. The highest BCUT2D eigenvalue weighted by molar-refractivity contribution is 7.18. The minimum absolute atomic E-state index is 0.0809. The first kappa shape index (κ1) is 11.6. The number of nitrogens with two attached hydrogens (primary N) is 1. The molecule has 90 valence electrons. The Morgan fingerprint density at radius 2 is 2.35 bits per heavy atom. The van der Waals surface area contributed by atoms with Crippen molar-refractivity contribution in [2.45, 2.75) is 19.8 Å². The summed E-state index contributed by atoms with van der Waals surface area (Å²) in [6, 6.07) is 3.11. The van der Waals surface area contributed by atoms with E-state index in [1.807, 2.05) is 6.92 Å². The zero-order valence-corrected chi connectivity index (χ0v) is 9.99. The van der Waals surface area contributed by atoms with Crippen LogP contribution in [0.25, 0.3) is 10.6 Å². The first-order valence-corrected chi connectivity index (χ1v) is 5.93. The van der Waals surface area contributed by atoms with Gasteiger partial charge in [0.1, 0.15) is 0 Å². The molecule has 2 aromatic heterocycles. The van der Waals surface area contributed by atoms with E-state index in [-0.39, 0.29) is 5.00 Å². The summed E-state index contributed by atoms with van der Waals surface area (Å²) in [6.45, 7) is 2.02. The number of nitrogen functional groups attached to an aromatic ring is 1. The zero-order chi connectivity index (χ0) is 12.4. The Balaban J connectivity index is 2.41. The van der Waals surface area contributed by atoms with Crippen LogP contribution in [0.15, 0.2) is 16.7 Å². The summed E-state index contributed by atoms with van der Waals surface area (Å²) in [5.74, 6) is 0.903. The topological polar surface area (TPSA) is 95.2 Å². The summed E-state index contributed by atoms with van der Waals surface area (Å²) >= 11 is 1.06. The van der Waals surface area contributed by atoms with Gasteiger partial charge in [0.2, 0.25) is 0 Å². The van der Waals surface area contributed by atoms with E-state index in [0.717, 1.165) is 29.7 Å². The molecule has 2 heterocycles. The van der Waals surface area contributed by atoms with E-state index in [2.05, 4.69) is 5.16 Å². The smallest absolute Gasteiger partial charge is 0.324 e. The Morgan fingerprint density at radius 1 is 1.59 bits per heavy atom. The molecule has 0 saturated carbocycles. The third-order valence-electron chi connectivity index (χ3n) is 2.31. The van der Waals surface area contributed by atoms with Gasteiger partial charge in [0, 0.05) is 11.6 Å². The van der Waals surface area contributed by atoms with Crippen LogP contribution in [0.3, 0.4) is 0 Å². The zero-order valence-electron chi connectivity index (χ0n) is 9.17. The lowest BCUT2D eigenvalue weighted by molar-refractivity contribution is -0.380. The molecule has 0 aliphatic carbocycles. The lowest BCUT2D eigenvalue weighted by atomic mass is 10.1. The molecule has 0 saturated heterocycles. The molecule has 0 amide bonds. The molecule has 0 unspecified atom stereocenters. The lowest BCUT2D eigenvalue weighted by Crippen LogP contribution is -1.91. The Bertz CT molecular complexity index is 547. The van der Waals surface area contributed by atoms with Crippen molar-refractivity contribution in [1.82, 2.24) is 5.16 Å². The van der Waals surface area contributed by atoms with Crippen LogP contribution in [-0.4, -0.2) is 10.1 Å². The maximum Gasteiger partial charge on any atom is 0.324 e. The van der Waals surface area contributed by atoms with Crippen molar-refractivity contribution in [3.63, 3.8) is 0 Å². The number of hydrogen-bond donors (Lipinski definition) is 1. The molecule has 2 rings (SSSR count). The molecule has 0 aliphatic heterocycles. The molecule has 2 N–H and O–H groups in total. The summed E-state index contributed by atoms with van der Waals surface area (Å²) < 4.78 is 5.14. The Morgan fingerprint density at radius 3 is 2.94 bits per heavy atom. The highest BCUT2D eigenvalue weighted by Gasteiger charge is 2.19. The molecule has 0 fully saturated rings. The molecule has 7 heteroatoms. The molecule has 0 radical (unpaired) electrons. The molecule has 0 spiro atoms. The molecule has 0 atom stereocenters. The Kier molecular flexibility index (Phi) is 3.10. The predicted octanol–water partition coefficient (Wildman–Crippen LogP) is 2.85. The van der Waals surface area contributed by atoms with Crippen molar-refractivity contribution in [1.29, 1.82) is 0 Å². The van der Waals surface area contributed by atoms with Crippen molar-refractivity contribution in [3.05, 3.63) is 27.8 Å². The minimum atomic E-state index is -0.423. The van der Waals surface area contributed by atoms with Crippen LogP contribution in [0.5, 0.6) is 0 Å². The third kappa shape index (κ3) is 2.14. The van der Waals surface area contributed by atoms with Crippen molar-refractivity contribution in [2.24, 2.45) is 0 Å². The van der Waals surface area contributed by atoms with Crippen LogP contribution >= 0.6 is 11.3 Å². The van der Waals surface area contributed by atoms with Gasteiger partial charge < -0.3 is 10.3 Å². The van der Waals surface area contributed by atoms with Crippen molar-refractivity contribution >= 4 is 22.2 Å². The quantitative estimate of drug-likeness (QED) is 0.667. The second-order valence-electron chi connectivity index (χ2n) is 3.52. The number of hydrogen-bond acceptors (Lipinski definition) is 6. The number of nitro groups is 1. The van der Waals surface area contributed by atoms with Gasteiger partial charge in [-0.3, -0.25) is 10.1 Å². The van der Waals surface area contributed by atoms with Crippen LogP contribution in [-0.2, 0) is 6.42 Å². The van der Waals surface area contributed by atoms with E-state index >= 15 is 0 Å². The van der Waals surface area contributed by atoms with Gasteiger partial charge in [-0.1, -0.05) is 29.8 Å². The standard InChI is InChI=1S/C10H11N3O3S/c1-2-3-6-9(16-12-10(6)11)7-4-5-8(17-7)13(14)15/h4-5H,2-3H2,1H3,(H2,11,12). The largest absolute Gasteiger partial charge is 0.381 e. The predicted molar refractivity (Wildman–Crippen MR) is 64.9 cm³/mol. The molecular formula is C10H11N3O3S. The lowest BCUT2D eigenvalue weighted by Gasteiger charge is -1.96. The van der Waals surface area contributed by atoms with Gasteiger partial charge >= 0.3 is 5.00 Å². The highest BCUT2D eigenvalue weighted by Crippen LogP contribution is 2.36. The molecule has 0 aliphatic rings. The van der Waals surface area contributed by atoms with E-state index < -0.39 is 4.92 Å². The number of nitrogens with zero attached hydrogens (tertiary/aromatic N) is 2. The first-order chi connectivity index (χ1) is 8.13. The monoisotopic (exact) mass is 253 g/mol. The summed E-state index contributed by atoms with van der Waals surface area (Å²) in [5.41, 5.74) is 6.52.